The fourth-order valence-electron chi connectivity index (χ4n) is 1.91. The molecule has 0 spiro atoms. The van der Waals surface area contributed by atoms with Crippen LogP contribution in [-0.4, -0.2) is 36.3 Å². The summed E-state index contributed by atoms with van der Waals surface area (Å²) in [6.07, 6.45) is -3.58. The van der Waals surface area contributed by atoms with E-state index in [9.17, 15) is 13.2 Å². The number of nitrogens with zero attached hydrogens (tertiary/aromatic N) is 2. The van der Waals surface area contributed by atoms with E-state index < -0.39 is 11.9 Å². The van der Waals surface area contributed by atoms with Crippen molar-refractivity contribution in [2.75, 3.05) is 36.9 Å². The van der Waals surface area contributed by atoms with Gasteiger partial charge in [0.1, 0.15) is 5.82 Å². The summed E-state index contributed by atoms with van der Waals surface area (Å²) in [6.45, 7) is 4.10. The zero-order chi connectivity index (χ0) is 14.6. The van der Waals surface area contributed by atoms with Crippen LogP contribution in [0.4, 0.5) is 24.9 Å². The van der Waals surface area contributed by atoms with Crippen molar-refractivity contribution in [2.24, 2.45) is 5.92 Å². The lowest BCUT2D eigenvalue weighted by molar-refractivity contribution is -0.141. The van der Waals surface area contributed by atoms with Crippen molar-refractivity contribution in [1.82, 2.24) is 9.97 Å². The van der Waals surface area contributed by atoms with Crippen molar-refractivity contribution in [3.63, 3.8) is 0 Å². The third-order valence-corrected chi connectivity index (χ3v) is 2.95. The topological polar surface area (TPSA) is 59.1 Å². The molecule has 1 saturated heterocycles. The van der Waals surface area contributed by atoms with Gasteiger partial charge in [0.05, 0.1) is 6.61 Å². The molecule has 0 aromatic carbocycles. The minimum atomic E-state index is -4.49. The van der Waals surface area contributed by atoms with Crippen molar-refractivity contribution in [3.05, 3.63) is 11.8 Å². The Morgan fingerprint density at radius 3 is 2.75 bits per heavy atom. The molecule has 1 atom stereocenters. The Labute approximate surface area is 114 Å². The predicted molar refractivity (Wildman–Crippen MR) is 68.6 cm³/mol. The molecule has 112 valence electrons. The Morgan fingerprint density at radius 2 is 2.15 bits per heavy atom. The van der Waals surface area contributed by atoms with Crippen LogP contribution in [0.1, 0.15) is 19.0 Å². The van der Waals surface area contributed by atoms with Crippen molar-refractivity contribution >= 4 is 11.8 Å². The van der Waals surface area contributed by atoms with Gasteiger partial charge in [-0.1, -0.05) is 0 Å². The van der Waals surface area contributed by atoms with E-state index in [0.29, 0.717) is 32.2 Å². The highest BCUT2D eigenvalue weighted by atomic mass is 19.4. The Hall–Kier alpha value is -1.57. The molecule has 2 heterocycles. The van der Waals surface area contributed by atoms with Crippen LogP contribution in [-0.2, 0) is 10.9 Å². The molecule has 0 aliphatic carbocycles. The normalized spacial score (nSPS) is 19.1. The minimum absolute atomic E-state index is 0.0208. The highest BCUT2D eigenvalue weighted by Crippen LogP contribution is 2.29. The zero-order valence-corrected chi connectivity index (χ0v) is 11.1. The quantitative estimate of drug-likeness (QED) is 0.872. The average molecular weight is 290 g/mol. The standard InChI is InChI=1S/C12H17F3N4O/c1-2-16-11-18-9(12(13,14)15)5-10(19-11)17-6-8-3-4-20-7-8/h5,8H,2-4,6-7H2,1H3,(H2,16,17,18,19). The number of ether oxygens (including phenoxy) is 1. The smallest absolute Gasteiger partial charge is 0.381 e. The van der Waals surface area contributed by atoms with Gasteiger partial charge in [0.25, 0.3) is 0 Å². The summed E-state index contributed by atoms with van der Waals surface area (Å²) in [7, 11) is 0. The van der Waals surface area contributed by atoms with E-state index >= 15 is 0 Å². The van der Waals surface area contributed by atoms with Crippen LogP contribution in [0, 0.1) is 5.92 Å². The summed E-state index contributed by atoms with van der Waals surface area (Å²) in [5.74, 6) is 0.463. The number of nitrogens with one attached hydrogen (secondary N) is 2. The summed E-state index contributed by atoms with van der Waals surface area (Å²) in [4.78, 5) is 7.49. The van der Waals surface area contributed by atoms with Crippen LogP contribution >= 0.6 is 0 Å². The fraction of sp³-hybridized carbons (Fsp3) is 0.667. The summed E-state index contributed by atoms with van der Waals surface area (Å²) < 4.78 is 43.5. The molecule has 1 fully saturated rings. The van der Waals surface area contributed by atoms with Gasteiger partial charge in [-0.2, -0.15) is 18.2 Å². The van der Waals surface area contributed by atoms with Gasteiger partial charge in [0.15, 0.2) is 5.69 Å². The molecule has 1 unspecified atom stereocenters. The van der Waals surface area contributed by atoms with E-state index in [0.717, 1.165) is 12.5 Å². The molecule has 1 aliphatic rings. The minimum Gasteiger partial charge on any atom is -0.381 e. The van der Waals surface area contributed by atoms with Gasteiger partial charge in [-0.15, -0.1) is 0 Å². The molecule has 1 aromatic heterocycles. The first kappa shape index (κ1) is 14.8. The first-order chi connectivity index (χ1) is 9.49. The van der Waals surface area contributed by atoms with Gasteiger partial charge in [-0.3, -0.25) is 0 Å². The van der Waals surface area contributed by atoms with Crippen molar-refractivity contribution < 1.29 is 17.9 Å². The number of hydrogen-bond donors (Lipinski definition) is 2. The maximum absolute atomic E-state index is 12.8. The van der Waals surface area contributed by atoms with E-state index in [1.807, 2.05) is 0 Å². The van der Waals surface area contributed by atoms with Gasteiger partial charge >= 0.3 is 6.18 Å². The van der Waals surface area contributed by atoms with E-state index in [1.54, 1.807) is 6.92 Å². The van der Waals surface area contributed by atoms with Gasteiger partial charge < -0.3 is 15.4 Å². The summed E-state index contributed by atoms with van der Waals surface area (Å²) >= 11 is 0. The molecular formula is C12H17F3N4O. The van der Waals surface area contributed by atoms with Crippen molar-refractivity contribution in [3.8, 4) is 0 Å². The maximum Gasteiger partial charge on any atom is 0.433 e. The lowest BCUT2D eigenvalue weighted by atomic mass is 10.1. The van der Waals surface area contributed by atoms with E-state index in [-0.39, 0.29) is 11.8 Å². The number of hydrogen-bond acceptors (Lipinski definition) is 5. The van der Waals surface area contributed by atoms with E-state index in [1.165, 1.54) is 0 Å². The van der Waals surface area contributed by atoms with Crippen molar-refractivity contribution in [2.45, 2.75) is 19.5 Å². The Balaban J connectivity index is 2.11. The molecule has 2 rings (SSSR count). The van der Waals surface area contributed by atoms with Crippen LogP contribution in [0.2, 0.25) is 0 Å². The summed E-state index contributed by atoms with van der Waals surface area (Å²) in [6, 6.07) is 0.927. The second-order valence-electron chi connectivity index (χ2n) is 4.60. The number of halogens is 3. The molecular weight excluding hydrogens is 273 g/mol. The fourth-order valence-corrected chi connectivity index (χ4v) is 1.91. The first-order valence-electron chi connectivity index (χ1n) is 6.51. The number of aromatic nitrogens is 2. The monoisotopic (exact) mass is 290 g/mol. The van der Waals surface area contributed by atoms with Crippen LogP contribution in [0.5, 0.6) is 0 Å². The maximum atomic E-state index is 12.8. The largest absolute Gasteiger partial charge is 0.433 e. The molecule has 1 aliphatic heterocycles. The molecule has 5 nitrogen and oxygen atoms in total. The van der Waals surface area contributed by atoms with Gasteiger partial charge in [-0.25, -0.2) is 4.98 Å². The average Bonchev–Trinajstić information content (AvgIpc) is 2.88. The summed E-state index contributed by atoms with van der Waals surface area (Å²) in [5.41, 5.74) is -0.950. The molecule has 0 bridgehead atoms. The van der Waals surface area contributed by atoms with Crippen LogP contribution in [0.15, 0.2) is 6.07 Å². The van der Waals surface area contributed by atoms with Gasteiger partial charge in [0, 0.05) is 31.7 Å². The summed E-state index contributed by atoms with van der Waals surface area (Å²) in [5, 5.41) is 5.63. The number of alkyl halides is 3. The van der Waals surface area contributed by atoms with Crippen LogP contribution < -0.4 is 10.6 Å². The van der Waals surface area contributed by atoms with E-state index in [4.69, 9.17) is 4.74 Å². The predicted octanol–water partition coefficient (Wildman–Crippen LogP) is 2.38. The van der Waals surface area contributed by atoms with E-state index in [2.05, 4.69) is 20.6 Å². The Morgan fingerprint density at radius 1 is 1.35 bits per heavy atom. The molecule has 8 heteroatoms. The molecule has 20 heavy (non-hydrogen) atoms. The second-order valence-corrected chi connectivity index (χ2v) is 4.60. The van der Waals surface area contributed by atoms with Crippen molar-refractivity contribution in [1.29, 1.82) is 0 Å². The lowest BCUT2D eigenvalue weighted by Gasteiger charge is -2.13. The number of anilines is 2. The third kappa shape index (κ3) is 3.96. The molecule has 0 radical (unpaired) electrons. The molecule has 2 N–H and O–H groups in total. The molecule has 1 aromatic rings. The molecule has 0 saturated carbocycles. The Kier molecular flexibility index (Phi) is 4.64. The second kappa shape index (κ2) is 6.25. The SMILES string of the molecule is CCNc1nc(NCC2CCOC2)cc(C(F)(F)F)n1. The van der Waals surface area contributed by atoms with Crippen LogP contribution in [0.25, 0.3) is 0 Å². The number of rotatable bonds is 5. The Bertz CT molecular complexity index is 447. The molecule has 0 amide bonds. The zero-order valence-electron chi connectivity index (χ0n) is 11.1. The lowest BCUT2D eigenvalue weighted by Crippen LogP contribution is -2.18. The highest BCUT2D eigenvalue weighted by Gasteiger charge is 2.33. The van der Waals surface area contributed by atoms with Gasteiger partial charge in [-0.05, 0) is 13.3 Å². The third-order valence-electron chi connectivity index (χ3n) is 2.95. The first-order valence-corrected chi connectivity index (χ1v) is 6.51. The van der Waals surface area contributed by atoms with Gasteiger partial charge in [0.2, 0.25) is 5.95 Å². The van der Waals surface area contributed by atoms with Crippen LogP contribution in [0.3, 0.4) is 0 Å². The highest BCUT2D eigenvalue weighted by molar-refractivity contribution is 5.43.